The maximum Gasteiger partial charge on any atom is 0.405 e. The van der Waals surface area contributed by atoms with E-state index < -0.39 is 31.2 Å². The molecule has 1 aromatic rings. The van der Waals surface area contributed by atoms with E-state index in [2.05, 4.69) is 20.7 Å². The Bertz CT molecular complexity index is 607. The zero-order valence-electron chi connectivity index (χ0n) is 12.8. The second-order valence-electron chi connectivity index (χ2n) is 4.39. The lowest BCUT2D eigenvalue weighted by Gasteiger charge is -2.13. The van der Waals surface area contributed by atoms with Gasteiger partial charge in [-0.2, -0.15) is 13.2 Å². The predicted molar refractivity (Wildman–Crippen MR) is 81.2 cm³/mol. The van der Waals surface area contributed by atoms with E-state index in [-0.39, 0.29) is 11.3 Å². The van der Waals surface area contributed by atoms with Crippen LogP contribution in [0.15, 0.2) is 16.6 Å². The van der Waals surface area contributed by atoms with Crippen molar-refractivity contribution in [1.82, 2.24) is 5.32 Å². The summed E-state index contributed by atoms with van der Waals surface area (Å²) in [7, 11) is 1.38. The molecule has 0 atom stereocenters. The fourth-order valence-corrected chi connectivity index (χ4v) is 2.14. The fourth-order valence-electron chi connectivity index (χ4n) is 1.59. The molecule has 0 unspecified atom stereocenters. The normalized spacial score (nSPS) is 10.9. The second kappa shape index (κ2) is 8.76. The quantitative estimate of drug-likeness (QED) is 0.695. The summed E-state index contributed by atoms with van der Waals surface area (Å²) in [5.41, 5.74) is 0.0470. The smallest absolute Gasteiger partial charge is 0.405 e. The minimum atomic E-state index is -4.53. The molecule has 1 rings (SSSR count). The van der Waals surface area contributed by atoms with Crippen LogP contribution in [0.2, 0.25) is 0 Å². The molecular weight excluding hydrogens is 399 g/mol. The molecule has 1 aromatic carbocycles. The van der Waals surface area contributed by atoms with Crippen LogP contribution in [-0.2, 0) is 9.53 Å². The highest BCUT2D eigenvalue weighted by Gasteiger charge is 2.28. The molecule has 6 nitrogen and oxygen atoms in total. The maximum absolute atomic E-state index is 12.0. The number of alkyl halides is 3. The van der Waals surface area contributed by atoms with Gasteiger partial charge >= 0.3 is 12.1 Å². The standard InChI is InChI=1S/C14H15BrF3NO5/c1-3-23-12-9(15)4-8(5-10(12)22-2)13(21)24-6-11(20)19-7-14(16,17)18/h4-5H,3,6-7H2,1-2H3,(H,19,20). The number of carbonyl (C=O) groups excluding carboxylic acids is 2. The van der Waals surface area contributed by atoms with Gasteiger partial charge in [-0.3, -0.25) is 4.79 Å². The SMILES string of the molecule is CCOc1c(Br)cc(C(=O)OCC(=O)NCC(F)(F)F)cc1OC. The molecule has 24 heavy (non-hydrogen) atoms. The van der Waals surface area contributed by atoms with Crippen LogP contribution in [0.5, 0.6) is 11.5 Å². The molecule has 1 N–H and O–H groups in total. The van der Waals surface area contributed by atoms with Crippen LogP contribution in [0, 0.1) is 0 Å². The zero-order valence-corrected chi connectivity index (χ0v) is 14.4. The first-order valence-electron chi connectivity index (χ1n) is 6.68. The lowest BCUT2D eigenvalue weighted by Crippen LogP contribution is -2.36. The molecule has 0 saturated heterocycles. The molecule has 0 bridgehead atoms. The third kappa shape index (κ3) is 6.26. The number of rotatable bonds is 7. The number of hydrogen-bond donors (Lipinski definition) is 1. The molecular formula is C14H15BrF3NO5. The zero-order chi connectivity index (χ0) is 18.3. The van der Waals surface area contributed by atoms with E-state index in [0.717, 1.165) is 0 Å². The third-order valence-corrected chi connectivity index (χ3v) is 3.16. The van der Waals surface area contributed by atoms with Crippen molar-refractivity contribution in [2.24, 2.45) is 0 Å². The number of ether oxygens (including phenoxy) is 3. The Morgan fingerprint density at radius 1 is 1.29 bits per heavy atom. The summed E-state index contributed by atoms with van der Waals surface area (Å²) in [4.78, 5) is 23.1. The van der Waals surface area contributed by atoms with Crippen molar-refractivity contribution in [2.45, 2.75) is 13.1 Å². The molecule has 0 spiro atoms. The minimum Gasteiger partial charge on any atom is -0.493 e. The number of carbonyl (C=O) groups is 2. The van der Waals surface area contributed by atoms with Crippen molar-refractivity contribution in [3.8, 4) is 11.5 Å². The molecule has 0 heterocycles. The van der Waals surface area contributed by atoms with Gasteiger partial charge in [0.1, 0.15) is 6.54 Å². The first-order chi connectivity index (χ1) is 11.2. The first-order valence-corrected chi connectivity index (χ1v) is 7.48. The van der Waals surface area contributed by atoms with Crippen molar-refractivity contribution in [2.75, 3.05) is 26.9 Å². The number of benzene rings is 1. The van der Waals surface area contributed by atoms with Crippen molar-refractivity contribution >= 4 is 27.8 Å². The van der Waals surface area contributed by atoms with E-state index in [1.807, 2.05) is 0 Å². The highest BCUT2D eigenvalue weighted by atomic mass is 79.9. The van der Waals surface area contributed by atoms with Gasteiger partial charge in [-0.1, -0.05) is 0 Å². The summed E-state index contributed by atoms with van der Waals surface area (Å²) >= 11 is 3.22. The van der Waals surface area contributed by atoms with Gasteiger partial charge in [-0.25, -0.2) is 4.79 Å². The Balaban J connectivity index is 2.71. The summed E-state index contributed by atoms with van der Waals surface area (Å²) in [6, 6.07) is 2.73. The number of esters is 1. The van der Waals surface area contributed by atoms with Crippen molar-refractivity contribution in [3.05, 3.63) is 22.2 Å². The number of methoxy groups -OCH3 is 1. The Hall–Kier alpha value is -1.97. The second-order valence-corrected chi connectivity index (χ2v) is 5.24. The van der Waals surface area contributed by atoms with E-state index in [1.165, 1.54) is 19.2 Å². The molecule has 134 valence electrons. The van der Waals surface area contributed by atoms with Gasteiger partial charge in [0.15, 0.2) is 18.1 Å². The molecule has 0 aromatic heterocycles. The largest absolute Gasteiger partial charge is 0.493 e. The van der Waals surface area contributed by atoms with Crippen LogP contribution in [0.1, 0.15) is 17.3 Å². The highest BCUT2D eigenvalue weighted by Crippen LogP contribution is 2.36. The Kier molecular flexibility index (Phi) is 7.33. The van der Waals surface area contributed by atoms with Gasteiger partial charge in [0.2, 0.25) is 0 Å². The highest BCUT2D eigenvalue weighted by molar-refractivity contribution is 9.10. The van der Waals surface area contributed by atoms with Gasteiger partial charge in [-0.15, -0.1) is 0 Å². The third-order valence-electron chi connectivity index (χ3n) is 2.57. The summed E-state index contributed by atoms with van der Waals surface area (Å²) in [5, 5.41) is 1.59. The van der Waals surface area contributed by atoms with Crippen LogP contribution in [0.25, 0.3) is 0 Å². The van der Waals surface area contributed by atoms with Gasteiger partial charge in [-0.05, 0) is 35.0 Å². The van der Waals surface area contributed by atoms with Crippen molar-refractivity contribution in [3.63, 3.8) is 0 Å². The molecule has 0 radical (unpaired) electrons. The van der Waals surface area contributed by atoms with E-state index in [1.54, 1.807) is 12.2 Å². The average molecular weight is 414 g/mol. The van der Waals surface area contributed by atoms with E-state index in [9.17, 15) is 22.8 Å². The van der Waals surface area contributed by atoms with Crippen molar-refractivity contribution in [1.29, 1.82) is 0 Å². The van der Waals surface area contributed by atoms with Gasteiger partial charge < -0.3 is 19.5 Å². The predicted octanol–water partition coefficient (Wildman–Crippen LogP) is 2.69. The molecule has 0 aliphatic rings. The van der Waals surface area contributed by atoms with E-state index >= 15 is 0 Å². The lowest BCUT2D eigenvalue weighted by molar-refractivity contribution is -0.140. The first kappa shape index (κ1) is 20.1. The average Bonchev–Trinajstić information content (AvgIpc) is 2.51. The monoisotopic (exact) mass is 413 g/mol. The van der Waals surface area contributed by atoms with Crippen molar-refractivity contribution < 1.29 is 37.0 Å². The van der Waals surface area contributed by atoms with Gasteiger partial charge in [0.05, 0.1) is 23.8 Å². The molecule has 0 saturated carbocycles. The molecule has 0 aliphatic carbocycles. The maximum atomic E-state index is 12.0. The van der Waals surface area contributed by atoms with Crippen LogP contribution >= 0.6 is 15.9 Å². The fraction of sp³-hybridized carbons (Fsp3) is 0.429. The van der Waals surface area contributed by atoms with Crippen LogP contribution in [0.3, 0.4) is 0 Å². The Labute approximate surface area is 144 Å². The molecule has 1 amide bonds. The van der Waals surface area contributed by atoms with Gasteiger partial charge in [0.25, 0.3) is 5.91 Å². The molecule has 0 aliphatic heterocycles. The number of halogens is 4. The molecule has 0 fully saturated rings. The Morgan fingerprint density at radius 2 is 1.96 bits per heavy atom. The van der Waals surface area contributed by atoms with E-state index in [4.69, 9.17) is 9.47 Å². The Morgan fingerprint density at radius 3 is 2.50 bits per heavy atom. The summed E-state index contributed by atoms with van der Waals surface area (Å²) in [5.74, 6) is -1.30. The van der Waals surface area contributed by atoms with Gasteiger partial charge in [0, 0.05) is 0 Å². The lowest BCUT2D eigenvalue weighted by atomic mass is 10.2. The summed E-state index contributed by atoms with van der Waals surface area (Å²) in [6.45, 7) is -0.181. The summed E-state index contributed by atoms with van der Waals surface area (Å²) in [6.07, 6.45) is -4.53. The number of hydrogen-bond acceptors (Lipinski definition) is 5. The van der Waals surface area contributed by atoms with Crippen LogP contribution < -0.4 is 14.8 Å². The number of nitrogens with one attached hydrogen (secondary N) is 1. The van der Waals surface area contributed by atoms with Crippen LogP contribution in [0.4, 0.5) is 13.2 Å². The molecule has 10 heteroatoms. The topological polar surface area (TPSA) is 73.9 Å². The minimum absolute atomic E-state index is 0.0470. The van der Waals surface area contributed by atoms with Crippen LogP contribution in [-0.4, -0.2) is 44.9 Å². The summed E-state index contributed by atoms with van der Waals surface area (Å²) < 4.78 is 51.4. The van der Waals surface area contributed by atoms with E-state index in [0.29, 0.717) is 16.8 Å². The number of amides is 1.